The summed E-state index contributed by atoms with van der Waals surface area (Å²) in [6.45, 7) is 3.72. The first-order chi connectivity index (χ1) is 18.5. The second-order valence-corrected chi connectivity index (χ2v) is 9.64. The number of rotatable bonds is 6. The Morgan fingerprint density at radius 1 is 1.05 bits per heavy atom. The molecule has 3 fully saturated rings. The van der Waals surface area contributed by atoms with Crippen LogP contribution in [-0.2, 0) is 9.53 Å². The molecule has 14 heteroatoms. The van der Waals surface area contributed by atoms with Crippen molar-refractivity contribution >= 4 is 40.9 Å². The van der Waals surface area contributed by atoms with Crippen molar-refractivity contribution in [3.63, 3.8) is 0 Å². The van der Waals surface area contributed by atoms with Crippen LogP contribution < -0.4 is 16.0 Å². The standard InChI is InChI=1S/C24H28N10O4/c1-25-22(36)20-17(10-18(29-30-20)27-21(35)14-2-3-14)26-23-28-19-5-4-15(13-34(19)31-23)16-11-33(12-16)24(37)32-6-8-38-9-7-32/h4-5,10,13-14,16H,2-3,6-9,11-12H2,1H3,(H,25,36)(H2,26,27,29,31,35). The molecule has 4 amide bonds. The van der Waals surface area contributed by atoms with Crippen molar-refractivity contribution in [3.8, 4) is 0 Å². The molecule has 2 saturated heterocycles. The number of likely N-dealkylation sites (tertiary alicyclic amines) is 1. The van der Waals surface area contributed by atoms with Crippen LogP contribution >= 0.6 is 0 Å². The molecule has 198 valence electrons. The number of anilines is 3. The Hall–Kier alpha value is -4.33. The molecule has 3 N–H and O–H groups in total. The highest BCUT2D eigenvalue weighted by Gasteiger charge is 2.35. The van der Waals surface area contributed by atoms with Crippen molar-refractivity contribution in [2.75, 3.05) is 57.1 Å². The van der Waals surface area contributed by atoms with Gasteiger partial charge in [0.2, 0.25) is 11.9 Å². The van der Waals surface area contributed by atoms with Crippen LogP contribution in [-0.4, -0.2) is 98.9 Å². The van der Waals surface area contributed by atoms with E-state index in [0.717, 1.165) is 18.4 Å². The summed E-state index contributed by atoms with van der Waals surface area (Å²) in [6, 6.07) is 5.46. The number of pyridine rings is 1. The third-order valence-corrected chi connectivity index (χ3v) is 6.94. The molecule has 2 aliphatic heterocycles. The molecule has 0 bridgehead atoms. The van der Waals surface area contributed by atoms with Gasteiger partial charge in [-0.1, -0.05) is 6.07 Å². The number of aromatic nitrogens is 5. The van der Waals surface area contributed by atoms with Crippen molar-refractivity contribution in [2.45, 2.75) is 18.8 Å². The van der Waals surface area contributed by atoms with Crippen LogP contribution in [0.2, 0.25) is 0 Å². The first-order valence-electron chi connectivity index (χ1n) is 12.6. The molecule has 14 nitrogen and oxygen atoms in total. The molecule has 0 atom stereocenters. The summed E-state index contributed by atoms with van der Waals surface area (Å²) in [5.74, 6) is 0.167. The van der Waals surface area contributed by atoms with Gasteiger partial charge in [-0.25, -0.2) is 9.31 Å². The lowest BCUT2D eigenvalue weighted by Crippen LogP contribution is -2.55. The van der Waals surface area contributed by atoms with Crippen molar-refractivity contribution in [2.24, 2.45) is 5.92 Å². The van der Waals surface area contributed by atoms with Gasteiger partial charge in [0.1, 0.15) is 0 Å². The van der Waals surface area contributed by atoms with E-state index < -0.39 is 5.91 Å². The minimum atomic E-state index is -0.438. The summed E-state index contributed by atoms with van der Waals surface area (Å²) in [6.07, 6.45) is 3.62. The smallest absolute Gasteiger partial charge is 0.320 e. The summed E-state index contributed by atoms with van der Waals surface area (Å²) < 4.78 is 6.99. The monoisotopic (exact) mass is 520 g/mol. The van der Waals surface area contributed by atoms with Gasteiger partial charge in [0.05, 0.1) is 18.9 Å². The second kappa shape index (κ2) is 9.85. The molecule has 3 aliphatic rings. The number of fused-ring (bicyclic) bond motifs is 1. The van der Waals surface area contributed by atoms with E-state index in [2.05, 4.69) is 36.2 Å². The maximum Gasteiger partial charge on any atom is 0.320 e. The number of morpholine rings is 1. The molecular weight excluding hydrogens is 492 g/mol. The Bertz CT molecular complexity index is 1390. The molecule has 5 heterocycles. The van der Waals surface area contributed by atoms with Crippen molar-refractivity contribution in [1.29, 1.82) is 0 Å². The average Bonchev–Trinajstić information content (AvgIpc) is 3.68. The van der Waals surface area contributed by atoms with Gasteiger partial charge in [0.15, 0.2) is 17.2 Å². The Morgan fingerprint density at radius 3 is 2.58 bits per heavy atom. The van der Waals surface area contributed by atoms with Crippen LogP contribution in [0.5, 0.6) is 0 Å². The molecule has 38 heavy (non-hydrogen) atoms. The van der Waals surface area contributed by atoms with Crippen LogP contribution in [0.1, 0.15) is 34.8 Å². The fraction of sp³-hybridized carbons (Fsp3) is 0.458. The van der Waals surface area contributed by atoms with Crippen LogP contribution in [0.25, 0.3) is 5.65 Å². The molecule has 0 radical (unpaired) electrons. The summed E-state index contributed by atoms with van der Waals surface area (Å²) in [5.41, 5.74) is 2.04. The maximum absolute atomic E-state index is 12.7. The third-order valence-electron chi connectivity index (χ3n) is 6.94. The normalized spacial score (nSPS) is 17.7. The highest BCUT2D eigenvalue weighted by Crippen LogP contribution is 2.31. The number of hydrogen-bond donors (Lipinski definition) is 3. The number of amides is 4. The predicted molar refractivity (Wildman–Crippen MR) is 135 cm³/mol. The van der Waals surface area contributed by atoms with E-state index in [1.54, 1.807) is 10.6 Å². The largest absolute Gasteiger partial charge is 0.378 e. The van der Waals surface area contributed by atoms with Gasteiger partial charge in [-0.05, 0) is 24.5 Å². The zero-order valence-corrected chi connectivity index (χ0v) is 20.9. The second-order valence-electron chi connectivity index (χ2n) is 9.64. The molecule has 3 aromatic rings. The molecule has 1 aliphatic carbocycles. The Kier molecular flexibility index (Phi) is 6.23. The van der Waals surface area contributed by atoms with E-state index in [4.69, 9.17) is 4.74 Å². The van der Waals surface area contributed by atoms with E-state index in [9.17, 15) is 14.4 Å². The summed E-state index contributed by atoms with van der Waals surface area (Å²) in [5, 5.41) is 20.8. The van der Waals surface area contributed by atoms with E-state index in [-0.39, 0.29) is 41.2 Å². The zero-order valence-electron chi connectivity index (χ0n) is 20.9. The summed E-state index contributed by atoms with van der Waals surface area (Å²) in [4.78, 5) is 45.4. The number of carbonyl (C=O) groups excluding carboxylic acids is 3. The SMILES string of the molecule is CNC(=O)c1nnc(NC(=O)C2CC2)cc1Nc1nc2ccc(C3CN(C(=O)N4CCOCC4)C3)cn2n1. The Balaban J connectivity index is 1.16. The van der Waals surface area contributed by atoms with Crippen molar-refractivity contribution < 1.29 is 19.1 Å². The summed E-state index contributed by atoms with van der Waals surface area (Å²) >= 11 is 0. The molecule has 0 unspecified atom stereocenters. The highest BCUT2D eigenvalue weighted by atomic mass is 16.5. The van der Waals surface area contributed by atoms with Gasteiger partial charge in [-0.2, -0.15) is 4.98 Å². The van der Waals surface area contributed by atoms with Gasteiger partial charge in [0, 0.05) is 57.3 Å². The first-order valence-corrected chi connectivity index (χ1v) is 12.6. The van der Waals surface area contributed by atoms with Gasteiger partial charge in [-0.3, -0.25) is 9.59 Å². The number of nitrogens with zero attached hydrogens (tertiary/aromatic N) is 7. The third kappa shape index (κ3) is 4.81. The highest BCUT2D eigenvalue weighted by molar-refractivity contribution is 5.99. The average molecular weight is 521 g/mol. The Labute approximate surface area is 217 Å². The van der Waals surface area contributed by atoms with E-state index in [1.807, 2.05) is 28.1 Å². The van der Waals surface area contributed by atoms with Crippen LogP contribution in [0.4, 0.5) is 22.2 Å². The molecule has 3 aromatic heterocycles. The van der Waals surface area contributed by atoms with E-state index in [1.165, 1.54) is 7.05 Å². The number of urea groups is 1. The van der Waals surface area contributed by atoms with E-state index >= 15 is 0 Å². The molecule has 1 saturated carbocycles. The van der Waals surface area contributed by atoms with Crippen molar-refractivity contribution in [1.82, 2.24) is 39.9 Å². The topological polar surface area (TPSA) is 159 Å². The minimum absolute atomic E-state index is 0.00126. The fourth-order valence-electron chi connectivity index (χ4n) is 4.52. The number of hydrogen-bond acceptors (Lipinski definition) is 9. The molecular formula is C24H28N10O4. The number of carbonyl (C=O) groups is 3. The lowest BCUT2D eigenvalue weighted by atomic mass is 9.93. The van der Waals surface area contributed by atoms with Gasteiger partial charge in [0.25, 0.3) is 5.91 Å². The predicted octanol–water partition coefficient (Wildman–Crippen LogP) is 0.822. The molecule has 0 spiro atoms. The van der Waals surface area contributed by atoms with Crippen LogP contribution in [0.15, 0.2) is 24.4 Å². The first kappa shape index (κ1) is 24.0. The minimum Gasteiger partial charge on any atom is -0.378 e. The number of nitrogens with one attached hydrogen (secondary N) is 3. The van der Waals surface area contributed by atoms with E-state index in [0.29, 0.717) is 50.7 Å². The van der Waals surface area contributed by atoms with Gasteiger partial charge >= 0.3 is 6.03 Å². The zero-order chi connectivity index (χ0) is 26.2. The maximum atomic E-state index is 12.7. The van der Waals surface area contributed by atoms with Crippen molar-refractivity contribution in [3.05, 3.63) is 35.7 Å². The van der Waals surface area contributed by atoms with Gasteiger partial charge < -0.3 is 30.5 Å². The van der Waals surface area contributed by atoms with Crippen LogP contribution in [0.3, 0.4) is 0 Å². The molecule has 6 rings (SSSR count). The quantitative estimate of drug-likeness (QED) is 0.428. The fourth-order valence-corrected chi connectivity index (χ4v) is 4.52. The van der Waals surface area contributed by atoms with Gasteiger partial charge in [-0.15, -0.1) is 15.3 Å². The molecule has 0 aromatic carbocycles. The Morgan fingerprint density at radius 2 is 1.84 bits per heavy atom. The van der Waals surface area contributed by atoms with Crippen LogP contribution in [0, 0.1) is 5.92 Å². The number of ether oxygens (including phenoxy) is 1. The lowest BCUT2D eigenvalue weighted by molar-refractivity contribution is -0.117. The lowest BCUT2D eigenvalue weighted by Gasteiger charge is -2.42. The summed E-state index contributed by atoms with van der Waals surface area (Å²) in [7, 11) is 1.50.